The molecule has 0 aliphatic heterocycles. The first-order chi connectivity index (χ1) is 9.69. The van der Waals surface area contributed by atoms with Gasteiger partial charge in [0, 0.05) is 12.6 Å². The molecule has 0 heterocycles. The van der Waals surface area contributed by atoms with Gasteiger partial charge in [-0.25, -0.2) is 4.79 Å². The summed E-state index contributed by atoms with van der Waals surface area (Å²) >= 11 is 0. The molecule has 0 fully saturated rings. The third-order valence-electron chi connectivity index (χ3n) is 3.13. The van der Waals surface area contributed by atoms with Crippen LogP contribution < -0.4 is 5.32 Å². The molecule has 0 unspecified atom stereocenters. The Morgan fingerprint density at radius 3 is 2.38 bits per heavy atom. The number of nitrogens with one attached hydrogen (secondary N) is 1. The Labute approximate surface area is 126 Å². The zero-order chi connectivity index (χ0) is 16.0. The molecule has 5 nitrogen and oxygen atoms in total. The number of ether oxygens (including phenoxy) is 1. The van der Waals surface area contributed by atoms with E-state index in [1.165, 1.54) is 5.06 Å². The molecule has 21 heavy (non-hydrogen) atoms. The van der Waals surface area contributed by atoms with E-state index < -0.39 is 11.7 Å². The van der Waals surface area contributed by atoms with Gasteiger partial charge < -0.3 is 15.3 Å². The molecule has 5 heteroatoms. The molecule has 2 atom stereocenters. The van der Waals surface area contributed by atoms with E-state index in [9.17, 15) is 10.0 Å². The number of hydrogen-bond acceptors (Lipinski definition) is 4. The zero-order valence-corrected chi connectivity index (χ0v) is 13.5. The van der Waals surface area contributed by atoms with Crippen LogP contribution in [-0.4, -0.2) is 34.0 Å². The first-order valence-electron chi connectivity index (χ1n) is 7.18. The molecule has 0 spiro atoms. The first kappa shape index (κ1) is 17.5. The van der Waals surface area contributed by atoms with E-state index in [1.807, 2.05) is 65.0 Å². The summed E-state index contributed by atoms with van der Waals surface area (Å²) < 4.78 is 5.21. The fourth-order valence-corrected chi connectivity index (χ4v) is 1.79. The molecule has 0 aromatic heterocycles. The van der Waals surface area contributed by atoms with Gasteiger partial charge >= 0.3 is 6.09 Å². The van der Waals surface area contributed by atoms with E-state index in [2.05, 4.69) is 5.32 Å². The van der Waals surface area contributed by atoms with Crippen molar-refractivity contribution in [2.45, 2.75) is 58.8 Å². The Morgan fingerprint density at radius 1 is 1.29 bits per heavy atom. The van der Waals surface area contributed by atoms with E-state index in [4.69, 9.17) is 4.74 Å². The van der Waals surface area contributed by atoms with Gasteiger partial charge in [0.15, 0.2) is 0 Å². The molecule has 1 amide bonds. The summed E-state index contributed by atoms with van der Waals surface area (Å²) in [7, 11) is 0. The van der Waals surface area contributed by atoms with Gasteiger partial charge in [-0.05, 0) is 40.2 Å². The number of carbonyl (C=O) groups is 1. The van der Waals surface area contributed by atoms with E-state index in [0.717, 1.165) is 5.56 Å². The van der Waals surface area contributed by atoms with Gasteiger partial charge in [-0.1, -0.05) is 30.3 Å². The van der Waals surface area contributed by atoms with Gasteiger partial charge in [0.05, 0.1) is 6.04 Å². The largest absolute Gasteiger partial charge is 0.444 e. The van der Waals surface area contributed by atoms with Crippen molar-refractivity contribution >= 4 is 6.09 Å². The molecular formula is C16H26N2O3. The summed E-state index contributed by atoms with van der Waals surface area (Å²) in [5.41, 5.74) is 0.479. The van der Waals surface area contributed by atoms with Crippen LogP contribution in [-0.2, 0) is 11.3 Å². The highest BCUT2D eigenvalue weighted by atomic mass is 16.6. The molecule has 2 N–H and O–H groups in total. The van der Waals surface area contributed by atoms with Crippen LogP contribution in [0.15, 0.2) is 30.3 Å². The van der Waals surface area contributed by atoms with Crippen LogP contribution in [0.4, 0.5) is 4.79 Å². The summed E-state index contributed by atoms with van der Waals surface area (Å²) in [5, 5.41) is 14.1. The van der Waals surface area contributed by atoms with Crippen molar-refractivity contribution in [3.63, 3.8) is 0 Å². The van der Waals surface area contributed by atoms with Crippen molar-refractivity contribution in [1.29, 1.82) is 0 Å². The van der Waals surface area contributed by atoms with Crippen LogP contribution in [0, 0.1) is 0 Å². The number of benzene rings is 1. The van der Waals surface area contributed by atoms with Crippen molar-refractivity contribution in [1.82, 2.24) is 10.4 Å². The van der Waals surface area contributed by atoms with E-state index >= 15 is 0 Å². The fourth-order valence-electron chi connectivity index (χ4n) is 1.79. The molecule has 0 aliphatic carbocycles. The highest BCUT2D eigenvalue weighted by molar-refractivity contribution is 5.68. The van der Waals surface area contributed by atoms with E-state index in [-0.39, 0.29) is 12.1 Å². The molecule has 0 saturated heterocycles. The first-order valence-corrected chi connectivity index (χ1v) is 7.18. The van der Waals surface area contributed by atoms with E-state index in [1.54, 1.807) is 0 Å². The number of amides is 1. The zero-order valence-electron chi connectivity index (χ0n) is 13.5. The highest BCUT2D eigenvalue weighted by Crippen LogP contribution is 2.10. The van der Waals surface area contributed by atoms with Crippen LogP contribution in [0.2, 0.25) is 0 Å². The molecule has 0 bridgehead atoms. The summed E-state index contributed by atoms with van der Waals surface area (Å²) in [6.45, 7) is 9.54. The predicted octanol–water partition coefficient (Wildman–Crippen LogP) is 3.18. The van der Waals surface area contributed by atoms with Gasteiger partial charge in [0.2, 0.25) is 0 Å². The third-order valence-corrected chi connectivity index (χ3v) is 3.13. The summed E-state index contributed by atoms with van der Waals surface area (Å²) in [5.74, 6) is 0. The van der Waals surface area contributed by atoms with Crippen molar-refractivity contribution in [2.75, 3.05) is 0 Å². The molecule has 1 aromatic rings. The van der Waals surface area contributed by atoms with Crippen LogP contribution in [0.1, 0.15) is 40.2 Å². The molecule has 1 aromatic carbocycles. The topological polar surface area (TPSA) is 61.8 Å². The number of hydrogen-bond donors (Lipinski definition) is 2. The van der Waals surface area contributed by atoms with Crippen LogP contribution in [0.3, 0.4) is 0 Å². The Bertz CT molecular complexity index is 443. The fraction of sp³-hybridized carbons (Fsp3) is 0.562. The Balaban J connectivity index is 2.49. The molecule has 0 radical (unpaired) electrons. The maximum Gasteiger partial charge on any atom is 0.407 e. The minimum atomic E-state index is -0.532. The van der Waals surface area contributed by atoms with Crippen LogP contribution in [0.5, 0.6) is 0 Å². The Hall–Kier alpha value is -1.59. The molecule has 118 valence electrons. The number of alkyl carbamates (subject to hydrolysis) is 1. The lowest BCUT2D eigenvalue weighted by atomic mass is 10.1. The molecule has 0 saturated carbocycles. The molecule has 1 rings (SSSR count). The standard InChI is InChI=1S/C16H26N2O3/c1-12(17-15(19)21-16(3,4)5)13(2)18(20)11-14-9-7-6-8-10-14/h6-10,12-13,20H,11H2,1-5H3,(H,17,19)/t12-,13+/m0/s1. The van der Waals surface area contributed by atoms with Crippen molar-refractivity contribution in [2.24, 2.45) is 0 Å². The monoisotopic (exact) mass is 294 g/mol. The summed E-state index contributed by atoms with van der Waals surface area (Å²) in [6, 6.07) is 9.20. The van der Waals surface area contributed by atoms with Crippen molar-refractivity contribution in [3.05, 3.63) is 35.9 Å². The molecule has 0 aliphatic rings. The third kappa shape index (κ3) is 6.60. The minimum Gasteiger partial charge on any atom is -0.444 e. The lowest BCUT2D eigenvalue weighted by molar-refractivity contribution is -0.136. The smallest absolute Gasteiger partial charge is 0.407 e. The Morgan fingerprint density at radius 2 is 1.86 bits per heavy atom. The molecular weight excluding hydrogens is 268 g/mol. The summed E-state index contributed by atoms with van der Waals surface area (Å²) in [4.78, 5) is 11.7. The number of carbonyl (C=O) groups excluding carboxylic acids is 1. The van der Waals surface area contributed by atoms with Gasteiger partial charge in [0.1, 0.15) is 5.60 Å². The van der Waals surface area contributed by atoms with E-state index in [0.29, 0.717) is 6.54 Å². The van der Waals surface area contributed by atoms with Crippen LogP contribution in [0.25, 0.3) is 0 Å². The van der Waals surface area contributed by atoms with Crippen LogP contribution >= 0.6 is 0 Å². The second kappa shape index (κ2) is 7.43. The second-order valence-corrected chi connectivity index (χ2v) is 6.26. The predicted molar refractivity (Wildman–Crippen MR) is 82.1 cm³/mol. The second-order valence-electron chi connectivity index (χ2n) is 6.26. The maximum absolute atomic E-state index is 11.7. The summed E-state index contributed by atoms with van der Waals surface area (Å²) in [6.07, 6.45) is -0.477. The average Bonchev–Trinajstić information content (AvgIpc) is 2.36. The van der Waals surface area contributed by atoms with Crippen molar-refractivity contribution < 1.29 is 14.7 Å². The highest BCUT2D eigenvalue weighted by Gasteiger charge is 2.23. The SMILES string of the molecule is C[C@H](NC(=O)OC(C)(C)C)[C@@H](C)N(O)Cc1ccccc1. The average molecular weight is 294 g/mol. The lowest BCUT2D eigenvalue weighted by Crippen LogP contribution is -2.48. The number of hydroxylamine groups is 2. The Kier molecular flexibility index (Phi) is 6.18. The minimum absolute atomic E-state index is 0.238. The number of nitrogens with zero attached hydrogens (tertiary/aromatic N) is 1. The van der Waals surface area contributed by atoms with Gasteiger partial charge in [-0.2, -0.15) is 5.06 Å². The normalized spacial score (nSPS) is 14.6. The van der Waals surface area contributed by atoms with Crippen molar-refractivity contribution in [3.8, 4) is 0 Å². The quantitative estimate of drug-likeness (QED) is 0.819. The van der Waals surface area contributed by atoms with Gasteiger partial charge in [0.25, 0.3) is 0 Å². The number of rotatable bonds is 5. The van der Waals surface area contributed by atoms with Gasteiger partial charge in [-0.15, -0.1) is 0 Å². The lowest BCUT2D eigenvalue weighted by Gasteiger charge is -2.29. The maximum atomic E-state index is 11.7. The van der Waals surface area contributed by atoms with Gasteiger partial charge in [-0.3, -0.25) is 0 Å².